The van der Waals surface area contributed by atoms with Crippen molar-refractivity contribution in [1.29, 1.82) is 0 Å². The number of nitrogens with one attached hydrogen (secondary N) is 2. The van der Waals surface area contributed by atoms with Gasteiger partial charge in [0.15, 0.2) is 0 Å². The molecule has 1 heterocycles. The van der Waals surface area contributed by atoms with Crippen molar-refractivity contribution >= 4 is 17.2 Å². The summed E-state index contributed by atoms with van der Waals surface area (Å²) >= 11 is 1.68. The average Bonchev–Trinajstić information content (AvgIpc) is 2.77. The summed E-state index contributed by atoms with van der Waals surface area (Å²) in [7, 11) is 1.61. The number of rotatable bonds is 8. The molecule has 17 heavy (non-hydrogen) atoms. The number of aryl methyl sites for hydroxylation is 1. The standard InChI is InChI=1S/C11H19N3O2S/c1-3-11-14-7-9(17-11)6-12-8-10(15)13-4-5-16-2/h7,12H,3-6,8H2,1-2H3,(H,13,15). The molecule has 0 atom stereocenters. The van der Waals surface area contributed by atoms with E-state index in [0.29, 0.717) is 26.2 Å². The molecule has 0 aliphatic carbocycles. The topological polar surface area (TPSA) is 63.2 Å². The SMILES string of the molecule is CCc1ncc(CNCC(=O)NCCOC)s1. The monoisotopic (exact) mass is 257 g/mol. The summed E-state index contributed by atoms with van der Waals surface area (Å²) in [5.74, 6) is -0.0118. The van der Waals surface area contributed by atoms with Crippen molar-refractivity contribution in [3.8, 4) is 0 Å². The van der Waals surface area contributed by atoms with Crippen LogP contribution >= 0.6 is 11.3 Å². The first-order chi connectivity index (χ1) is 8.26. The maximum atomic E-state index is 11.3. The summed E-state index contributed by atoms with van der Waals surface area (Å²) in [6.07, 6.45) is 2.82. The minimum atomic E-state index is -0.0118. The van der Waals surface area contributed by atoms with Crippen LogP contribution in [0.4, 0.5) is 0 Å². The molecule has 1 amide bonds. The molecular formula is C11H19N3O2S. The zero-order valence-corrected chi connectivity index (χ0v) is 11.1. The quantitative estimate of drug-likeness (QED) is 0.668. The predicted octanol–water partition coefficient (Wildman–Crippen LogP) is 0.558. The molecule has 1 aromatic rings. The van der Waals surface area contributed by atoms with Crippen LogP contribution in [0.3, 0.4) is 0 Å². The molecule has 0 aromatic carbocycles. The number of hydrogen-bond acceptors (Lipinski definition) is 5. The Morgan fingerprint density at radius 3 is 3.06 bits per heavy atom. The zero-order valence-electron chi connectivity index (χ0n) is 10.3. The Balaban J connectivity index is 2.12. The number of ether oxygens (including phenoxy) is 1. The summed E-state index contributed by atoms with van der Waals surface area (Å²) < 4.78 is 4.84. The third-order valence-electron chi connectivity index (χ3n) is 2.12. The normalized spacial score (nSPS) is 10.5. The highest BCUT2D eigenvalue weighted by Gasteiger charge is 2.02. The second-order valence-electron chi connectivity index (χ2n) is 3.52. The van der Waals surface area contributed by atoms with Crippen LogP contribution in [-0.2, 0) is 22.5 Å². The highest BCUT2D eigenvalue weighted by Crippen LogP contribution is 2.12. The van der Waals surface area contributed by atoms with Gasteiger partial charge in [-0.1, -0.05) is 6.92 Å². The van der Waals surface area contributed by atoms with E-state index in [0.717, 1.165) is 16.3 Å². The summed E-state index contributed by atoms with van der Waals surface area (Å²) in [6, 6.07) is 0. The van der Waals surface area contributed by atoms with Crippen LogP contribution in [-0.4, -0.2) is 37.7 Å². The molecule has 5 nitrogen and oxygen atoms in total. The fourth-order valence-electron chi connectivity index (χ4n) is 1.25. The van der Waals surface area contributed by atoms with E-state index in [1.807, 2.05) is 6.20 Å². The second-order valence-corrected chi connectivity index (χ2v) is 4.72. The van der Waals surface area contributed by atoms with Gasteiger partial charge in [-0.2, -0.15) is 0 Å². The highest BCUT2D eigenvalue weighted by atomic mass is 32.1. The number of carbonyl (C=O) groups excluding carboxylic acids is 1. The van der Waals surface area contributed by atoms with Gasteiger partial charge in [0.25, 0.3) is 0 Å². The molecular weight excluding hydrogens is 238 g/mol. The first-order valence-electron chi connectivity index (χ1n) is 5.66. The van der Waals surface area contributed by atoms with Crippen LogP contribution in [0.1, 0.15) is 16.8 Å². The molecule has 0 aliphatic rings. The number of nitrogens with zero attached hydrogens (tertiary/aromatic N) is 1. The number of amides is 1. The third-order valence-corrected chi connectivity index (χ3v) is 3.26. The van der Waals surface area contributed by atoms with Crippen molar-refractivity contribution in [2.75, 3.05) is 26.8 Å². The van der Waals surface area contributed by atoms with Crippen molar-refractivity contribution in [3.05, 3.63) is 16.1 Å². The van der Waals surface area contributed by atoms with Gasteiger partial charge >= 0.3 is 0 Å². The largest absolute Gasteiger partial charge is 0.383 e. The van der Waals surface area contributed by atoms with E-state index in [2.05, 4.69) is 22.5 Å². The van der Waals surface area contributed by atoms with E-state index in [1.165, 1.54) is 0 Å². The van der Waals surface area contributed by atoms with E-state index in [4.69, 9.17) is 4.74 Å². The molecule has 1 rings (SSSR count). The van der Waals surface area contributed by atoms with Crippen LogP contribution in [0.15, 0.2) is 6.20 Å². The third kappa shape index (κ3) is 5.76. The molecule has 0 spiro atoms. The lowest BCUT2D eigenvalue weighted by atomic mass is 10.5. The average molecular weight is 257 g/mol. The molecule has 96 valence electrons. The highest BCUT2D eigenvalue weighted by molar-refractivity contribution is 7.11. The molecule has 0 aliphatic heterocycles. The Bertz CT molecular complexity index is 341. The van der Waals surface area contributed by atoms with E-state index in [1.54, 1.807) is 18.4 Å². The van der Waals surface area contributed by atoms with Crippen molar-refractivity contribution in [1.82, 2.24) is 15.6 Å². The fraction of sp³-hybridized carbons (Fsp3) is 0.636. The van der Waals surface area contributed by atoms with Crippen molar-refractivity contribution in [3.63, 3.8) is 0 Å². The summed E-state index contributed by atoms with van der Waals surface area (Å²) in [5.41, 5.74) is 0. The van der Waals surface area contributed by atoms with Gasteiger partial charge in [-0.25, -0.2) is 4.98 Å². The maximum absolute atomic E-state index is 11.3. The van der Waals surface area contributed by atoms with Crippen molar-refractivity contribution in [2.24, 2.45) is 0 Å². The number of carbonyl (C=O) groups is 1. The van der Waals surface area contributed by atoms with Gasteiger partial charge in [0.1, 0.15) is 0 Å². The Hall–Kier alpha value is -0.980. The predicted molar refractivity (Wildman–Crippen MR) is 68.1 cm³/mol. The Labute approximate surface area is 106 Å². The van der Waals surface area contributed by atoms with Crippen molar-refractivity contribution in [2.45, 2.75) is 19.9 Å². The van der Waals surface area contributed by atoms with Crippen LogP contribution in [0.5, 0.6) is 0 Å². The van der Waals surface area contributed by atoms with E-state index in [9.17, 15) is 4.79 Å². The van der Waals surface area contributed by atoms with Gasteiger partial charge in [-0.15, -0.1) is 11.3 Å². The lowest BCUT2D eigenvalue weighted by Gasteiger charge is -2.04. The Morgan fingerprint density at radius 2 is 2.41 bits per heavy atom. The van der Waals surface area contributed by atoms with Gasteiger partial charge < -0.3 is 15.4 Å². The van der Waals surface area contributed by atoms with Crippen LogP contribution in [0.25, 0.3) is 0 Å². The van der Waals surface area contributed by atoms with Gasteiger partial charge in [-0.05, 0) is 6.42 Å². The first-order valence-corrected chi connectivity index (χ1v) is 6.47. The van der Waals surface area contributed by atoms with Gasteiger partial charge in [0.05, 0.1) is 18.2 Å². The molecule has 0 unspecified atom stereocenters. The molecule has 0 saturated carbocycles. The van der Waals surface area contributed by atoms with E-state index < -0.39 is 0 Å². The zero-order chi connectivity index (χ0) is 12.5. The number of thiazole rings is 1. The lowest BCUT2D eigenvalue weighted by Crippen LogP contribution is -2.35. The molecule has 2 N–H and O–H groups in total. The van der Waals surface area contributed by atoms with Crippen LogP contribution in [0, 0.1) is 0 Å². The lowest BCUT2D eigenvalue weighted by molar-refractivity contribution is -0.120. The van der Waals surface area contributed by atoms with Gasteiger partial charge in [-0.3, -0.25) is 4.79 Å². The minimum absolute atomic E-state index is 0.0118. The smallest absolute Gasteiger partial charge is 0.234 e. The number of methoxy groups -OCH3 is 1. The molecule has 0 fully saturated rings. The molecule has 0 radical (unpaired) electrons. The molecule has 6 heteroatoms. The van der Waals surface area contributed by atoms with Gasteiger partial charge in [0.2, 0.25) is 5.91 Å². The van der Waals surface area contributed by atoms with E-state index in [-0.39, 0.29) is 5.91 Å². The fourth-order valence-corrected chi connectivity index (χ4v) is 2.08. The second kappa shape index (κ2) is 8.16. The number of aromatic nitrogens is 1. The van der Waals surface area contributed by atoms with E-state index >= 15 is 0 Å². The molecule has 0 saturated heterocycles. The van der Waals surface area contributed by atoms with Crippen LogP contribution in [0.2, 0.25) is 0 Å². The summed E-state index contributed by atoms with van der Waals surface area (Å²) in [5, 5.41) is 6.96. The number of hydrogen-bond donors (Lipinski definition) is 2. The summed E-state index contributed by atoms with van der Waals surface area (Å²) in [4.78, 5) is 16.7. The van der Waals surface area contributed by atoms with Crippen LogP contribution < -0.4 is 10.6 Å². The summed E-state index contributed by atoms with van der Waals surface area (Å²) in [6.45, 7) is 4.19. The maximum Gasteiger partial charge on any atom is 0.234 e. The molecule has 1 aromatic heterocycles. The first kappa shape index (κ1) is 14.1. The van der Waals surface area contributed by atoms with Crippen molar-refractivity contribution < 1.29 is 9.53 Å². The Morgan fingerprint density at radius 1 is 1.59 bits per heavy atom. The minimum Gasteiger partial charge on any atom is -0.383 e. The Kier molecular flexibility index (Phi) is 6.76. The van der Waals surface area contributed by atoms with Gasteiger partial charge in [0, 0.05) is 31.3 Å². The molecule has 0 bridgehead atoms.